The molecule has 1 atom stereocenters. The molecule has 0 spiro atoms. The Morgan fingerprint density at radius 1 is 1.67 bits per heavy atom. The first-order valence-electron chi connectivity index (χ1n) is 2.27. The van der Waals surface area contributed by atoms with E-state index in [9.17, 15) is 8.99 Å². The fourth-order valence-corrected chi connectivity index (χ4v) is 0. The number of carbonyl (C=O) groups is 1. The van der Waals surface area contributed by atoms with Gasteiger partial charge in [-0.15, -0.1) is 0 Å². The monoisotopic (exact) mass is 208 g/mol. The summed E-state index contributed by atoms with van der Waals surface area (Å²) in [6, 6.07) is 0. The van der Waals surface area contributed by atoms with Gasteiger partial charge in [0.15, 0.2) is 0 Å². The number of halogens is 1. The average Bonchev–Trinajstić information content (AvgIpc) is 1.59. The van der Waals surface area contributed by atoms with Crippen LogP contribution in [0, 0.1) is 0 Å². The minimum Gasteiger partial charge on any atom is -0.753 e. The predicted molar refractivity (Wildman–Crippen MR) is 33.4 cm³/mol. The van der Waals surface area contributed by atoms with Gasteiger partial charge in [0.05, 0.1) is 0 Å². The van der Waals surface area contributed by atoms with Crippen LogP contribution in [0.2, 0.25) is 0 Å². The Morgan fingerprint density at radius 2 is 1.75 bits per heavy atom. The van der Waals surface area contributed by atoms with Gasteiger partial charge in [-0.3, -0.25) is 4.57 Å². The summed E-state index contributed by atoms with van der Waals surface area (Å²) >= 11 is 0. The summed E-state index contributed by atoms with van der Waals surface area (Å²) < 4.78 is 18.8. The van der Waals surface area contributed by atoms with Crippen LogP contribution < -0.4 is 34.5 Å². The first kappa shape index (κ1) is 18.2. The molecule has 5 nitrogen and oxygen atoms in total. The Bertz CT molecular complexity index is 179. The maximum atomic E-state index is 10.2. The molecule has 0 bridgehead atoms. The Balaban J connectivity index is -0.000000126. The molecule has 0 saturated carbocycles. The van der Waals surface area contributed by atoms with E-state index in [2.05, 4.69) is 6.58 Å². The molecule has 0 heterocycles. The SMILES string of the molecule is C=C(C)C(=O)O.O=P([O-])(O)F.[Na+]. The topological polar surface area (TPSA) is 97.7 Å². The average molecular weight is 208 g/mol. The van der Waals surface area contributed by atoms with Crippen molar-refractivity contribution in [3.8, 4) is 0 Å². The van der Waals surface area contributed by atoms with Crippen molar-refractivity contribution in [3.05, 3.63) is 12.2 Å². The Hall–Kier alpha value is 0.290. The van der Waals surface area contributed by atoms with Gasteiger partial charge in [-0.05, 0) is 6.92 Å². The number of hydrogen-bond acceptors (Lipinski definition) is 3. The smallest absolute Gasteiger partial charge is 0.753 e. The molecule has 8 heteroatoms. The van der Waals surface area contributed by atoms with Gasteiger partial charge in [0.1, 0.15) is 0 Å². The second kappa shape index (κ2) is 7.91. The predicted octanol–water partition coefficient (Wildman–Crippen LogP) is -2.93. The second-order valence-corrected chi connectivity index (χ2v) is 2.44. The standard InChI is InChI=1S/C4H6O2.FH2O3P.Na/c1-3(2)4(5)6;1-5(2,3)4;/h1H2,2H3,(H,5,6);(H2,2,3,4);/q;;+1/p-1. The third-order valence-electron chi connectivity index (χ3n) is 0.365. The molecule has 0 radical (unpaired) electrons. The van der Waals surface area contributed by atoms with E-state index in [1.807, 2.05) is 0 Å². The summed E-state index contributed by atoms with van der Waals surface area (Å²) in [6.07, 6.45) is 0. The zero-order chi connectivity index (χ0) is 9.65. The molecule has 0 aromatic carbocycles. The molecule has 0 aromatic heterocycles. The summed E-state index contributed by atoms with van der Waals surface area (Å²) in [5.41, 5.74) is 0.176. The molecule has 0 saturated heterocycles. The molecule has 1 unspecified atom stereocenters. The van der Waals surface area contributed by atoms with Gasteiger partial charge in [0.2, 0.25) is 0 Å². The van der Waals surface area contributed by atoms with Crippen molar-refractivity contribution >= 4 is 13.9 Å². The minimum atomic E-state index is -5.39. The van der Waals surface area contributed by atoms with Crippen molar-refractivity contribution in [1.82, 2.24) is 0 Å². The summed E-state index contributed by atoms with van der Waals surface area (Å²) in [6.45, 7) is 4.60. The summed E-state index contributed by atoms with van der Waals surface area (Å²) in [7, 11) is -5.39. The quantitative estimate of drug-likeness (QED) is 0.273. The van der Waals surface area contributed by atoms with Crippen molar-refractivity contribution in [2.75, 3.05) is 0 Å². The molecule has 2 N–H and O–H groups in total. The Labute approximate surface area is 90.9 Å². The summed E-state index contributed by atoms with van der Waals surface area (Å²) in [5.74, 6) is -0.935. The van der Waals surface area contributed by atoms with E-state index < -0.39 is 13.9 Å². The minimum absolute atomic E-state index is 0. The van der Waals surface area contributed by atoms with E-state index in [0.717, 1.165) is 0 Å². The second-order valence-electron chi connectivity index (χ2n) is 1.54. The van der Waals surface area contributed by atoms with Crippen LogP contribution in [-0.2, 0) is 9.36 Å². The third-order valence-corrected chi connectivity index (χ3v) is 0.365. The first-order chi connectivity index (χ1) is 4.64. The molecule has 0 amide bonds. The number of hydrogen-bond donors (Lipinski definition) is 2. The molecule has 0 aromatic rings. The third kappa shape index (κ3) is 48.3. The zero-order valence-corrected chi connectivity index (χ0v) is 9.55. The van der Waals surface area contributed by atoms with E-state index in [0.29, 0.717) is 0 Å². The molecule has 0 rings (SSSR count). The normalized spacial score (nSPS) is 12.7. The van der Waals surface area contributed by atoms with Crippen LogP contribution in [0.15, 0.2) is 12.2 Å². The Kier molecular flexibility index (Phi) is 12.0. The molecule has 12 heavy (non-hydrogen) atoms. The molecular weight excluding hydrogens is 201 g/mol. The molecule has 0 aliphatic rings. The molecule has 66 valence electrons. The van der Waals surface area contributed by atoms with Crippen LogP contribution in [0.4, 0.5) is 4.20 Å². The number of carboxylic acid groups (broad SMARTS) is 1. The molecular formula is C4H7FNaO5P. The van der Waals surface area contributed by atoms with Gasteiger partial charge in [0.25, 0.3) is 0 Å². The zero-order valence-electron chi connectivity index (χ0n) is 6.65. The fraction of sp³-hybridized carbons (Fsp3) is 0.250. The number of carboxylic acids is 1. The first-order valence-corrected chi connectivity index (χ1v) is 3.73. The summed E-state index contributed by atoms with van der Waals surface area (Å²) in [4.78, 5) is 25.0. The van der Waals surface area contributed by atoms with Crippen LogP contribution in [0.5, 0.6) is 0 Å². The van der Waals surface area contributed by atoms with Crippen LogP contribution in [0.25, 0.3) is 0 Å². The van der Waals surface area contributed by atoms with E-state index in [1.165, 1.54) is 6.92 Å². The molecule has 0 fully saturated rings. The van der Waals surface area contributed by atoms with Gasteiger partial charge in [-0.2, -0.15) is 4.20 Å². The van der Waals surface area contributed by atoms with E-state index in [-0.39, 0.29) is 35.1 Å². The van der Waals surface area contributed by atoms with Gasteiger partial charge in [0, 0.05) is 5.57 Å². The van der Waals surface area contributed by atoms with Crippen LogP contribution in [-0.4, -0.2) is 16.0 Å². The Morgan fingerprint density at radius 3 is 1.75 bits per heavy atom. The van der Waals surface area contributed by atoms with E-state index in [4.69, 9.17) is 19.5 Å². The van der Waals surface area contributed by atoms with Crippen molar-refractivity contribution in [2.45, 2.75) is 6.92 Å². The van der Waals surface area contributed by atoms with Gasteiger partial charge < -0.3 is 14.9 Å². The fourth-order valence-electron chi connectivity index (χ4n) is 0. The largest absolute Gasteiger partial charge is 1.00 e. The number of rotatable bonds is 1. The van der Waals surface area contributed by atoms with Crippen LogP contribution in [0.1, 0.15) is 6.92 Å². The van der Waals surface area contributed by atoms with Crippen LogP contribution >= 0.6 is 7.91 Å². The van der Waals surface area contributed by atoms with Crippen molar-refractivity contribution in [2.24, 2.45) is 0 Å². The molecule has 0 aliphatic heterocycles. The summed E-state index contributed by atoms with van der Waals surface area (Å²) in [5, 5.41) is 7.89. The van der Waals surface area contributed by atoms with Crippen molar-refractivity contribution in [1.29, 1.82) is 0 Å². The van der Waals surface area contributed by atoms with Crippen molar-refractivity contribution in [3.63, 3.8) is 0 Å². The number of aliphatic carboxylic acids is 1. The maximum Gasteiger partial charge on any atom is 1.00 e. The van der Waals surface area contributed by atoms with Gasteiger partial charge in [-0.25, -0.2) is 4.79 Å². The maximum absolute atomic E-state index is 10.2. The van der Waals surface area contributed by atoms with Crippen molar-refractivity contribution < 1.29 is 58.0 Å². The van der Waals surface area contributed by atoms with E-state index in [1.54, 1.807) is 0 Å². The van der Waals surface area contributed by atoms with Gasteiger partial charge >= 0.3 is 43.4 Å². The van der Waals surface area contributed by atoms with E-state index >= 15 is 0 Å². The molecule has 0 aliphatic carbocycles. The van der Waals surface area contributed by atoms with Gasteiger partial charge in [-0.1, -0.05) is 6.58 Å². The van der Waals surface area contributed by atoms with Crippen LogP contribution in [0.3, 0.4) is 0 Å².